The number of H-pyrrole nitrogens is 1. The van der Waals surface area contributed by atoms with Crippen LogP contribution < -0.4 is 0 Å². The molecule has 0 aromatic carbocycles. The Morgan fingerprint density at radius 2 is 2.44 bits per heavy atom. The van der Waals surface area contributed by atoms with Crippen molar-refractivity contribution < 1.29 is 4.21 Å². The molecule has 6 heteroatoms. The number of imidazole rings is 1. The van der Waals surface area contributed by atoms with Gasteiger partial charge in [-0.05, 0) is 31.3 Å². The minimum absolute atomic E-state index is 0.0852. The van der Waals surface area contributed by atoms with Crippen molar-refractivity contribution in [3.63, 3.8) is 0 Å². The SMILES string of the molecule is CC(CS(C)=O)n1c(=S)[nH]c2cccnc21. The van der Waals surface area contributed by atoms with Crippen LogP contribution in [0.2, 0.25) is 0 Å². The van der Waals surface area contributed by atoms with Gasteiger partial charge in [0.25, 0.3) is 0 Å². The molecule has 0 amide bonds. The average Bonchev–Trinajstić information content (AvgIpc) is 2.52. The summed E-state index contributed by atoms with van der Waals surface area (Å²) in [6.45, 7) is 2.00. The lowest BCUT2D eigenvalue weighted by Gasteiger charge is -2.11. The zero-order chi connectivity index (χ0) is 11.7. The Balaban J connectivity index is 2.55. The Hall–Kier alpha value is -1.01. The first-order valence-electron chi connectivity index (χ1n) is 4.95. The molecule has 2 aromatic heterocycles. The maximum absolute atomic E-state index is 11.2. The number of hydrogen-bond acceptors (Lipinski definition) is 3. The van der Waals surface area contributed by atoms with E-state index < -0.39 is 10.8 Å². The monoisotopic (exact) mass is 255 g/mol. The summed E-state index contributed by atoms with van der Waals surface area (Å²) >= 11 is 5.25. The molecule has 2 unspecified atom stereocenters. The van der Waals surface area contributed by atoms with Gasteiger partial charge in [-0.25, -0.2) is 4.98 Å². The standard InChI is InChI=1S/C10H13N3OS2/c1-7(6-16(2)14)13-9-8(12-10(13)15)4-3-5-11-9/h3-5,7H,6H2,1-2H3,(H,12,15). The van der Waals surface area contributed by atoms with Crippen LogP contribution in [-0.4, -0.2) is 30.8 Å². The van der Waals surface area contributed by atoms with E-state index in [9.17, 15) is 4.21 Å². The van der Waals surface area contributed by atoms with E-state index in [-0.39, 0.29) is 6.04 Å². The highest BCUT2D eigenvalue weighted by Gasteiger charge is 2.12. The first kappa shape index (κ1) is 11.5. The zero-order valence-electron chi connectivity index (χ0n) is 9.14. The highest BCUT2D eigenvalue weighted by atomic mass is 32.2. The molecule has 0 aliphatic carbocycles. The van der Waals surface area contributed by atoms with E-state index in [1.807, 2.05) is 23.6 Å². The van der Waals surface area contributed by atoms with Crippen LogP contribution in [0.1, 0.15) is 13.0 Å². The average molecular weight is 255 g/mol. The fourth-order valence-corrected chi connectivity index (χ4v) is 2.99. The van der Waals surface area contributed by atoms with Crippen LogP contribution >= 0.6 is 12.2 Å². The van der Waals surface area contributed by atoms with Crippen molar-refractivity contribution in [2.75, 3.05) is 12.0 Å². The van der Waals surface area contributed by atoms with Gasteiger partial charge in [-0.15, -0.1) is 0 Å². The summed E-state index contributed by atoms with van der Waals surface area (Å²) in [7, 11) is -0.840. The maximum atomic E-state index is 11.2. The second-order valence-corrected chi connectivity index (χ2v) is 5.63. The Labute approximate surface area is 101 Å². The van der Waals surface area contributed by atoms with Crippen LogP contribution in [0.3, 0.4) is 0 Å². The van der Waals surface area contributed by atoms with Crippen molar-refractivity contribution in [3.05, 3.63) is 23.1 Å². The van der Waals surface area contributed by atoms with E-state index in [1.54, 1.807) is 12.5 Å². The Morgan fingerprint density at radius 1 is 1.69 bits per heavy atom. The van der Waals surface area contributed by atoms with Crippen LogP contribution in [0.15, 0.2) is 18.3 Å². The molecule has 16 heavy (non-hydrogen) atoms. The van der Waals surface area contributed by atoms with E-state index in [0.717, 1.165) is 11.2 Å². The van der Waals surface area contributed by atoms with Gasteiger partial charge in [-0.1, -0.05) is 0 Å². The molecule has 0 aliphatic rings. The minimum atomic E-state index is -0.840. The summed E-state index contributed by atoms with van der Waals surface area (Å²) < 4.78 is 13.8. The van der Waals surface area contributed by atoms with Crippen LogP contribution in [0.25, 0.3) is 11.2 Å². The number of aromatic nitrogens is 3. The van der Waals surface area contributed by atoms with Gasteiger partial charge in [0, 0.05) is 35.0 Å². The van der Waals surface area contributed by atoms with Gasteiger partial charge < -0.3 is 4.98 Å². The highest BCUT2D eigenvalue weighted by Crippen LogP contribution is 2.17. The van der Waals surface area contributed by atoms with Gasteiger partial charge in [-0.2, -0.15) is 0 Å². The van der Waals surface area contributed by atoms with E-state index in [0.29, 0.717) is 10.5 Å². The molecule has 0 bridgehead atoms. The van der Waals surface area contributed by atoms with Crippen molar-refractivity contribution in [1.82, 2.24) is 14.5 Å². The Kier molecular flexibility index (Phi) is 3.20. The van der Waals surface area contributed by atoms with Crippen LogP contribution in [-0.2, 0) is 10.8 Å². The molecule has 2 heterocycles. The fraction of sp³-hybridized carbons (Fsp3) is 0.400. The number of fused-ring (bicyclic) bond motifs is 1. The van der Waals surface area contributed by atoms with E-state index in [1.165, 1.54) is 0 Å². The molecule has 0 fully saturated rings. The second kappa shape index (κ2) is 4.47. The van der Waals surface area contributed by atoms with Gasteiger partial charge in [0.1, 0.15) is 0 Å². The van der Waals surface area contributed by atoms with Gasteiger partial charge in [0.05, 0.1) is 5.52 Å². The molecule has 2 aromatic rings. The normalized spacial score (nSPS) is 15.1. The quantitative estimate of drug-likeness (QED) is 0.854. The van der Waals surface area contributed by atoms with Gasteiger partial charge >= 0.3 is 0 Å². The second-order valence-electron chi connectivity index (χ2n) is 3.76. The maximum Gasteiger partial charge on any atom is 0.179 e. The lowest BCUT2D eigenvalue weighted by molar-refractivity contribution is 0.601. The van der Waals surface area contributed by atoms with Gasteiger partial charge in [-0.3, -0.25) is 8.78 Å². The highest BCUT2D eigenvalue weighted by molar-refractivity contribution is 7.84. The Bertz CT molecular complexity index is 587. The van der Waals surface area contributed by atoms with Crippen molar-refractivity contribution in [2.24, 2.45) is 0 Å². The molecule has 0 saturated heterocycles. The zero-order valence-corrected chi connectivity index (χ0v) is 10.8. The predicted octanol–water partition coefficient (Wildman–Crippen LogP) is 2.03. The molecule has 86 valence electrons. The number of rotatable bonds is 3. The third-order valence-corrected chi connectivity index (χ3v) is 3.64. The fourth-order valence-electron chi connectivity index (χ4n) is 1.78. The Morgan fingerprint density at radius 3 is 3.12 bits per heavy atom. The van der Waals surface area contributed by atoms with E-state index in [4.69, 9.17) is 12.2 Å². The molecule has 0 radical (unpaired) electrons. The summed E-state index contributed by atoms with van der Waals surface area (Å²) in [6.07, 6.45) is 3.43. The molecule has 1 N–H and O–H groups in total. The summed E-state index contributed by atoms with van der Waals surface area (Å²) in [5.41, 5.74) is 1.74. The predicted molar refractivity (Wildman–Crippen MR) is 68.6 cm³/mol. The third-order valence-electron chi connectivity index (χ3n) is 2.39. The summed E-state index contributed by atoms with van der Waals surface area (Å²) in [6, 6.07) is 3.88. The van der Waals surface area contributed by atoms with Crippen molar-refractivity contribution in [2.45, 2.75) is 13.0 Å². The summed E-state index contributed by atoms with van der Waals surface area (Å²) in [5.74, 6) is 0.581. The van der Waals surface area contributed by atoms with Crippen LogP contribution in [0.4, 0.5) is 0 Å². The van der Waals surface area contributed by atoms with Crippen molar-refractivity contribution >= 4 is 34.2 Å². The number of nitrogens with zero attached hydrogens (tertiary/aromatic N) is 2. The largest absolute Gasteiger partial charge is 0.329 e. The molecule has 4 nitrogen and oxygen atoms in total. The number of aromatic amines is 1. The molecule has 0 saturated carbocycles. The van der Waals surface area contributed by atoms with Crippen molar-refractivity contribution in [1.29, 1.82) is 0 Å². The molecule has 2 atom stereocenters. The number of pyridine rings is 1. The first-order valence-corrected chi connectivity index (χ1v) is 7.08. The van der Waals surface area contributed by atoms with Gasteiger partial charge in [0.2, 0.25) is 0 Å². The van der Waals surface area contributed by atoms with Crippen LogP contribution in [0, 0.1) is 4.77 Å². The minimum Gasteiger partial charge on any atom is -0.329 e. The third kappa shape index (κ3) is 2.08. The summed E-state index contributed by atoms with van der Waals surface area (Å²) in [4.78, 5) is 7.39. The smallest absolute Gasteiger partial charge is 0.179 e. The van der Waals surface area contributed by atoms with E-state index >= 15 is 0 Å². The number of nitrogens with one attached hydrogen (secondary N) is 1. The van der Waals surface area contributed by atoms with Crippen LogP contribution in [0.5, 0.6) is 0 Å². The topological polar surface area (TPSA) is 50.7 Å². The molecular weight excluding hydrogens is 242 g/mol. The first-order chi connectivity index (χ1) is 7.59. The lowest BCUT2D eigenvalue weighted by atomic mass is 10.4. The lowest BCUT2D eigenvalue weighted by Crippen LogP contribution is -2.13. The number of hydrogen-bond donors (Lipinski definition) is 1. The van der Waals surface area contributed by atoms with Gasteiger partial charge in [0.15, 0.2) is 10.4 Å². The summed E-state index contributed by atoms with van der Waals surface area (Å²) in [5, 5.41) is 0. The molecule has 0 aliphatic heterocycles. The van der Waals surface area contributed by atoms with E-state index in [2.05, 4.69) is 9.97 Å². The molecular formula is C10H13N3OS2. The van der Waals surface area contributed by atoms with Crippen molar-refractivity contribution in [3.8, 4) is 0 Å². The molecule has 0 spiro atoms. The molecule has 2 rings (SSSR count).